The van der Waals surface area contributed by atoms with Gasteiger partial charge in [-0.15, -0.1) is 0 Å². The van der Waals surface area contributed by atoms with Crippen molar-refractivity contribution in [2.24, 2.45) is 0 Å². The SMILES string of the molecule is [CH3][Ge]([CH3])([CH3])[c]1cccc2c1[se]c1cc(-c3[c-]cccc3)ncc12.[Ir]. The van der Waals surface area contributed by atoms with E-state index in [0.29, 0.717) is 14.5 Å². The van der Waals surface area contributed by atoms with Crippen LogP contribution in [0.5, 0.6) is 0 Å². The molecular formula is C20H18GeIrNSe-. The van der Waals surface area contributed by atoms with Crippen LogP contribution in [-0.2, 0) is 20.1 Å². The van der Waals surface area contributed by atoms with Crippen LogP contribution < -0.4 is 4.40 Å². The zero-order valence-electron chi connectivity index (χ0n) is 13.9. The summed E-state index contributed by atoms with van der Waals surface area (Å²) in [5.41, 5.74) is 2.12. The molecule has 0 atom stereocenters. The van der Waals surface area contributed by atoms with Crippen molar-refractivity contribution in [3.63, 3.8) is 0 Å². The number of nitrogens with zero attached hydrogens (tertiary/aromatic N) is 1. The Labute approximate surface area is 165 Å². The molecule has 0 aliphatic carbocycles. The minimum atomic E-state index is -1.84. The van der Waals surface area contributed by atoms with Gasteiger partial charge < -0.3 is 0 Å². The van der Waals surface area contributed by atoms with Gasteiger partial charge in [0.25, 0.3) is 0 Å². The Bertz CT molecular complexity index is 1000. The smallest absolute Gasteiger partial charge is 0 e. The second kappa shape index (κ2) is 6.90. The van der Waals surface area contributed by atoms with Crippen molar-refractivity contribution in [1.82, 2.24) is 4.98 Å². The van der Waals surface area contributed by atoms with Crippen LogP contribution in [-0.4, -0.2) is 32.8 Å². The van der Waals surface area contributed by atoms with Crippen molar-refractivity contribution in [3.05, 3.63) is 60.8 Å². The predicted molar refractivity (Wildman–Crippen MR) is 103 cm³/mol. The summed E-state index contributed by atoms with van der Waals surface area (Å²) in [6.45, 7) is 0. The van der Waals surface area contributed by atoms with E-state index in [1.54, 1.807) is 8.66 Å². The molecule has 2 aromatic heterocycles. The van der Waals surface area contributed by atoms with Crippen LogP contribution in [0.4, 0.5) is 0 Å². The molecule has 0 N–H and O–H groups in total. The molecule has 4 aromatic rings. The minimum absolute atomic E-state index is 0. The van der Waals surface area contributed by atoms with Gasteiger partial charge in [0.05, 0.1) is 0 Å². The largest absolute Gasteiger partial charge is 0 e. The molecule has 0 bridgehead atoms. The Kier molecular flexibility index (Phi) is 5.20. The molecule has 0 amide bonds. The summed E-state index contributed by atoms with van der Waals surface area (Å²) in [4.78, 5) is 4.71. The van der Waals surface area contributed by atoms with Crippen LogP contribution >= 0.6 is 0 Å². The van der Waals surface area contributed by atoms with Gasteiger partial charge in [-0.1, -0.05) is 0 Å². The standard InChI is InChI=1S/C20H18GeNSe.Ir/c1-21(2,3)17-11-7-10-15-16-13-22-18(12-19(16)23-20(15)17)14-8-5-4-6-9-14;/h4-8,10-13H,1-3H3;/q-1;. The third-order valence-corrected chi connectivity index (χ3v) is 11.8. The Hall–Kier alpha value is -0.698. The zero-order valence-corrected chi connectivity index (χ0v) is 20.1. The van der Waals surface area contributed by atoms with Crippen LogP contribution in [0.2, 0.25) is 17.3 Å². The number of rotatable bonds is 2. The third kappa shape index (κ3) is 3.21. The Morgan fingerprint density at radius 1 is 1.00 bits per heavy atom. The van der Waals surface area contributed by atoms with Gasteiger partial charge in [-0.2, -0.15) is 0 Å². The first-order chi connectivity index (χ1) is 11.0. The summed E-state index contributed by atoms with van der Waals surface area (Å²) in [7, 11) is 0. The molecule has 4 rings (SSSR count). The fourth-order valence-electron chi connectivity index (χ4n) is 2.98. The summed E-state index contributed by atoms with van der Waals surface area (Å²) in [5.74, 6) is 7.45. The average molecular weight is 616 g/mol. The van der Waals surface area contributed by atoms with Crippen LogP contribution in [0.3, 0.4) is 0 Å². The maximum Gasteiger partial charge on any atom is 0 e. The quantitative estimate of drug-likeness (QED) is 0.240. The topological polar surface area (TPSA) is 12.9 Å². The molecule has 4 heteroatoms. The molecule has 0 spiro atoms. The van der Waals surface area contributed by atoms with E-state index >= 15 is 0 Å². The maximum absolute atomic E-state index is 4.71. The molecule has 0 saturated carbocycles. The van der Waals surface area contributed by atoms with Gasteiger partial charge >= 0.3 is 146 Å². The van der Waals surface area contributed by atoms with E-state index in [1.807, 2.05) is 18.2 Å². The van der Waals surface area contributed by atoms with Gasteiger partial charge in [0.2, 0.25) is 0 Å². The second-order valence-corrected chi connectivity index (χ2v) is 19.7. The third-order valence-electron chi connectivity index (χ3n) is 4.18. The summed E-state index contributed by atoms with van der Waals surface area (Å²) in [5, 5.41) is 2.77. The molecule has 24 heavy (non-hydrogen) atoms. The Balaban J connectivity index is 0.00000169. The summed E-state index contributed by atoms with van der Waals surface area (Å²) < 4.78 is 4.74. The number of benzene rings is 2. The van der Waals surface area contributed by atoms with Gasteiger partial charge in [0.1, 0.15) is 0 Å². The average Bonchev–Trinajstić information content (AvgIpc) is 2.92. The van der Waals surface area contributed by atoms with Gasteiger partial charge in [-0.3, -0.25) is 0 Å². The molecule has 123 valence electrons. The predicted octanol–water partition coefficient (Wildman–Crippen LogP) is 4.45. The van der Waals surface area contributed by atoms with Crippen molar-refractivity contribution in [1.29, 1.82) is 0 Å². The van der Waals surface area contributed by atoms with E-state index in [1.165, 1.54) is 15.0 Å². The minimum Gasteiger partial charge on any atom is 0 e. The van der Waals surface area contributed by atoms with Crippen molar-refractivity contribution in [3.8, 4) is 11.3 Å². The van der Waals surface area contributed by atoms with E-state index in [2.05, 4.69) is 59.9 Å². The number of hydrogen-bond acceptors (Lipinski definition) is 1. The van der Waals surface area contributed by atoms with E-state index in [4.69, 9.17) is 4.98 Å². The normalized spacial score (nSPS) is 11.6. The molecule has 0 unspecified atom stereocenters. The number of pyridine rings is 1. The summed E-state index contributed by atoms with van der Waals surface area (Å²) in [6, 6.07) is 20.5. The molecule has 1 nitrogen and oxygen atoms in total. The van der Waals surface area contributed by atoms with Crippen LogP contribution in [0.1, 0.15) is 0 Å². The van der Waals surface area contributed by atoms with E-state index in [0.717, 1.165) is 11.3 Å². The van der Waals surface area contributed by atoms with Gasteiger partial charge in [-0.25, -0.2) is 0 Å². The van der Waals surface area contributed by atoms with Crippen molar-refractivity contribution in [2.75, 3.05) is 0 Å². The summed E-state index contributed by atoms with van der Waals surface area (Å²) in [6.07, 6.45) is 2.07. The van der Waals surface area contributed by atoms with Crippen LogP contribution in [0.15, 0.2) is 54.7 Å². The van der Waals surface area contributed by atoms with E-state index in [-0.39, 0.29) is 20.1 Å². The molecule has 0 aliphatic heterocycles. The summed E-state index contributed by atoms with van der Waals surface area (Å²) >= 11 is -1.45. The van der Waals surface area contributed by atoms with Gasteiger partial charge in [-0.05, 0) is 0 Å². The van der Waals surface area contributed by atoms with E-state index < -0.39 is 13.3 Å². The number of fused-ring (bicyclic) bond motifs is 3. The van der Waals surface area contributed by atoms with E-state index in [9.17, 15) is 0 Å². The Morgan fingerprint density at radius 2 is 1.83 bits per heavy atom. The van der Waals surface area contributed by atoms with Crippen molar-refractivity contribution < 1.29 is 20.1 Å². The Morgan fingerprint density at radius 3 is 2.54 bits per heavy atom. The molecule has 2 heterocycles. The molecule has 0 aliphatic rings. The molecule has 2 aromatic carbocycles. The maximum atomic E-state index is 4.71. The number of aromatic nitrogens is 1. The van der Waals surface area contributed by atoms with Crippen molar-refractivity contribution >= 4 is 51.5 Å². The van der Waals surface area contributed by atoms with Crippen LogP contribution in [0, 0.1) is 6.07 Å². The number of hydrogen-bond donors (Lipinski definition) is 0. The molecule has 1 radical (unpaired) electrons. The van der Waals surface area contributed by atoms with Crippen LogP contribution in [0.25, 0.3) is 30.6 Å². The zero-order chi connectivity index (χ0) is 16.0. The first kappa shape index (κ1) is 18.1. The van der Waals surface area contributed by atoms with Gasteiger partial charge in [0.15, 0.2) is 0 Å². The molecule has 0 fully saturated rings. The monoisotopic (exact) mass is 619 g/mol. The van der Waals surface area contributed by atoms with Gasteiger partial charge in [0, 0.05) is 20.1 Å². The fourth-order valence-corrected chi connectivity index (χ4v) is 12.2. The molecular weight excluding hydrogens is 598 g/mol. The molecule has 0 saturated heterocycles. The first-order valence-electron chi connectivity index (χ1n) is 7.83. The van der Waals surface area contributed by atoms with Crippen molar-refractivity contribution in [2.45, 2.75) is 17.3 Å². The second-order valence-electron chi connectivity index (χ2n) is 6.88. The first-order valence-corrected chi connectivity index (χ1v) is 16.9. The fraction of sp³-hybridized carbons (Fsp3) is 0.150.